The summed E-state index contributed by atoms with van der Waals surface area (Å²) in [5, 5.41) is 3.07. The van der Waals surface area contributed by atoms with Crippen LogP contribution in [0.4, 0.5) is 5.69 Å². The summed E-state index contributed by atoms with van der Waals surface area (Å²) < 4.78 is 29.4. The molecule has 0 aliphatic carbocycles. The molecule has 7 heteroatoms. The molecule has 1 aliphatic rings. The quantitative estimate of drug-likeness (QED) is 0.833. The van der Waals surface area contributed by atoms with Gasteiger partial charge in [-0.3, -0.25) is 0 Å². The number of hydrogen-bond donors (Lipinski definition) is 1. The van der Waals surface area contributed by atoms with Crippen molar-refractivity contribution in [3.63, 3.8) is 0 Å². The highest BCUT2D eigenvalue weighted by Gasteiger charge is 2.46. The lowest BCUT2D eigenvalue weighted by Gasteiger charge is -2.35. The fourth-order valence-corrected chi connectivity index (χ4v) is 4.64. The van der Waals surface area contributed by atoms with Crippen molar-refractivity contribution >= 4 is 37.4 Å². The first-order valence-electron chi connectivity index (χ1n) is 6.20. The van der Waals surface area contributed by atoms with E-state index in [-0.39, 0.29) is 11.5 Å². The Bertz CT molecular complexity index is 617. The summed E-state index contributed by atoms with van der Waals surface area (Å²) in [5.41, 5.74) is -0.537. The van der Waals surface area contributed by atoms with Crippen LogP contribution in [0.2, 0.25) is 0 Å². The molecule has 1 aromatic carbocycles. The predicted octanol–water partition coefficient (Wildman–Crippen LogP) is 1.98. The molecule has 5 nitrogen and oxygen atoms in total. The van der Waals surface area contributed by atoms with E-state index in [0.717, 1.165) is 4.47 Å². The van der Waals surface area contributed by atoms with E-state index >= 15 is 0 Å². The Morgan fingerprint density at radius 1 is 1.40 bits per heavy atom. The Hall–Kier alpha value is -1.08. The van der Waals surface area contributed by atoms with Crippen molar-refractivity contribution in [2.24, 2.45) is 0 Å². The number of hydrogen-bond acceptors (Lipinski definition) is 5. The van der Waals surface area contributed by atoms with Crippen LogP contribution in [-0.4, -0.2) is 38.5 Å². The fourth-order valence-electron chi connectivity index (χ4n) is 2.44. The average Bonchev–Trinajstić information content (AvgIpc) is 2.39. The van der Waals surface area contributed by atoms with E-state index in [1.54, 1.807) is 6.07 Å². The van der Waals surface area contributed by atoms with E-state index in [0.29, 0.717) is 18.5 Å². The van der Waals surface area contributed by atoms with Crippen LogP contribution in [0.5, 0.6) is 0 Å². The monoisotopic (exact) mass is 361 g/mol. The summed E-state index contributed by atoms with van der Waals surface area (Å²) >= 11 is 3.38. The van der Waals surface area contributed by atoms with Gasteiger partial charge in [0, 0.05) is 10.2 Å². The largest absolute Gasteiger partial charge is 0.467 e. The number of halogens is 1. The summed E-state index contributed by atoms with van der Waals surface area (Å²) in [4.78, 5) is 12.1. The number of rotatable bonds is 3. The van der Waals surface area contributed by atoms with Crippen molar-refractivity contribution in [2.45, 2.75) is 18.4 Å². The van der Waals surface area contributed by atoms with Gasteiger partial charge in [0.1, 0.15) is 5.54 Å². The second kappa shape index (κ2) is 5.73. The van der Waals surface area contributed by atoms with Gasteiger partial charge in [-0.05, 0) is 40.9 Å². The lowest BCUT2D eigenvalue weighted by Crippen LogP contribution is -2.55. The summed E-state index contributed by atoms with van der Waals surface area (Å²) in [6.07, 6.45) is 0.870. The molecule has 1 aromatic rings. The molecule has 0 saturated carbocycles. The van der Waals surface area contributed by atoms with Gasteiger partial charge >= 0.3 is 5.97 Å². The lowest BCUT2D eigenvalue weighted by molar-refractivity contribution is -0.145. The van der Waals surface area contributed by atoms with Gasteiger partial charge in [0.2, 0.25) is 0 Å². The van der Waals surface area contributed by atoms with Crippen LogP contribution >= 0.6 is 15.9 Å². The zero-order valence-electron chi connectivity index (χ0n) is 11.1. The number of para-hydroxylation sites is 1. The van der Waals surface area contributed by atoms with Crippen molar-refractivity contribution in [1.82, 2.24) is 0 Å². The second-order valence-corrected chi connectivity index (χ2v) is 7.91. The maximum absolute atomic E-state index is 12.1. The molecule has 1 atom stereocenters. The zero-order valence-corrected chi connectivity index (χ0v) is 13.5. The van der Waals surface area contributed by atoms with E-state index in [9.17, 15) is 13.2 Å². The first kappa shape index (κ1) is 15.3. The minimum atomic E-state index is -3.26. The molecule has 1 aliphatic heterocycles. The van der Waals surface area contributed by atoms with Crippen LogP contribution in [0.25, 0.3) is 0 Å². The average molecular weight is 362 g/mol. The highest BCUT2D eigenvalue weighted by atomic mass is 79.9. The van der Waals surface area contributed by atoms with Gasteiger partial charge in [-0.1, -0.05) is 12.1 Å². The number of sulfone groups is 1. The molecule has 0 amide bonds. The third-order valence-corrected chi connectivity index (χ3v) is 5.88. The summed E-state index contributed by atoms with van der Waals surface area (Å²) in [7, 11) is -1.99. The van der Waals surface area contributed by atoms with Crippen LogP contribution in [-0.2, 0) is 19.4 Å². The van der Waals surface area contributed by atoms with Crippen LogP contribution in [0.15, 0.2) is 28.7 Å². The van der Waals surface area contributed by atoms with Crippen molar-refractivity contribution in [3.8, 4) is 0 Å². The smallest absolute Gasteiger partial charge is 0.332 e. The van der Waals surface area contributed by atoms with E-state index in [1.807, 2.05) is 18.2 Å². The van der Waals surface area contributed by atoms with Gasteiger partial charge in [-0.25, -0.2) is 13.2 Å². The number of methoxy groups -OCH3 is 1. The number of ether oxygens (including phenoxy) is 1. The highest BCUT2D eigenvalue weighted by Crippen LogP contribution is 2.31. The van der Waals surface area contributed by atoms with Crippen LogP contribution in [0.3, 0.4) is 0 Å². The molecule has 0 radical (unpaired) electrons. The van der Waals surface area contributed by atoms with Crippen LogP contribution < -0.4 is 5.32 Å². The Morgan fingerprint density at radius 3 is 2.70 bits per heavy atom. The molecule has 1 unspecified atom stereocenters. The van der Waals surface area contributed by atoms with E-state index < -0.39 is 21.3 Å². The SMILES string of the molecule is COC(=O)C1(Nc2ccccc2Br)CCCS(=O)(=O)C1. The minimum absolute atomic E-state index is 0.114. The first-order valence-corrected chi connectivity index (χ1v) is 8.81. The van der Waals surface area contributed by atoms with Gasteiger partial charge < -0.3 is 10.1 Å². The summed E-state index contributed by atoms with van der Waals surface area (Å²) in [5.74, 6) is -0.672. The topological polar surface area (TPSA) is 72.5 Å². The van der Waals surface area contributed by atoms with E-state index in [2.05, 4.69) is 21.2 Å². The molecule has 20 heavy (non-hydrogen) atoms. The number of carbonyl (C=O) groups excluding carboxylic acids is 1. The Balaban J connectivity index is 2.38. The number of nitrogens with one attached hydrogen (secondary N) is 1. The van der Waals surface area contributed by atoms with Crippen molar-refractivity contribution in [2.75, 3.05) is 23.9 Å². The molecule has 0 bridgehead atoms. The Morgan fingerprint density at radius 2 is 2.10 bits per heavy atom. The predicted molar refractivity (Wildman–Crippen MR) is 80.4 cm³/mol. The molecule has 1 fully saturated rings. The molecule has 1 N–H and O–H groups in total. The normalized spacial score (nSPS) is 24.9. The molecule has 1 heterocycles. The van der Waals surface area contributed by atoms with Crippen molar-refractivity contribution in [1.29, 1.82) is 0 Å². The molecule has 0 spiro atoms. The molecule has 110 valence electrons. The lowest BCUT2D eigenvalue weighted by atomic mass is 9.95. The molecule has 2 rings (SSSR count). The van der Waals surface area contributed by atoms with Crippen molar-refractivity contribution in [3.05, 3.63) is 28.7 Å². The third-order valence-electron chi connectivity index (χ3n) is 3.35. The van der Waals surface area contributed by atoms with Gasteiger partial charge in [-0.2, -0.15) is 0 Å². The van der Waals surface area contributed by atoms with Crippen LogP contribution in [0, 0.1) is 0 Å². The Kier molecular flexibility index (Phi) is 4.39. The summed E-state index contributed by atoms with van der Waals surface area (Å²) in [6.45, 7) is 0. The number of anilines is 1. The summed E-state index contributed by atoms with van der Waals surface area (Å²) in [6, 6.07) is 7.27. The molecular weight excluding hydrogens is 346 g/mol. The van der Waals surface area contributed by atoms with Crippen LogP contribution in [0.1, 0.15) is 12.8 Å². The van der Waals surface area contributed by atoms with Gasteiger partial charge in [-0.15, -0.1) is 0 Å². The van der Waals surface area contributed by atoms with Crippen molar-refractivity contribution < 1.29 is 17.9 Å². The highest BCUT2D eigenvalue weighted by molar-refractivity contribution is 9.10. The zero-order chi connectivity index (χ0) is 14.8. The first-order chi connectivity index (χ1) is 9.38. The van der Waals surface area contributed by atoms with Gasteiger partial charge in [0.25, 0.3) is 0 Å². The Labute approximate surface area is 126 Å². The van der Waals surface area contributed by atoms with E-state index in [1.165, 1.54) is 7.11 Å². The third kappa shape index (κ3) is 3.15. The minimum Gasteiger partial charge on any atom is -0.467 e. The number of benzene rings is 1. The maximum atomic E-state index is 12.1. The second-order valence-electron chi connectivity index (χ2n) is 4.87. The molecule has 0 aromatic heterocycles. The van der Waals surface area contributed by atoms with Gasteiger partial charge in [0.05, 0.1) is 18.6 Å². The molecule has 1 saturated heterocycles. The number of carbonyl (C=O) groups is 1. The maximum Gasteiger partial charge on any atom is 0.332 e. The standard InChI is InChI=1S/C13H16BrNO4S/c1-19-12(16)13(7-4-8-20(17,18)9-13)15-11-6-3-2-5-10(11)14/h2-3,5-6,15H,4,7-9H2,1H3. The molecular formula is C13H16BrNO4S. The van der Waals surface area contributed by atoms with Gasteiger partial charge in [0.15, 0.2) is 9.84 Å². The number of esters is 1. The van der Waals surface area contributed by atoms with E-state index in [4.69, 9.17) is 4.74 Å². The fraction of sp³-hybridized carbons (Fsp3) is 0.462.